The Kier molecular flexibility index (Phi) is 8.86. The summed E-state index contributed by atoms with van der Waals surface area (Å²) in [6.07, 6.45) is 5.90. The van der Waals surface area contributed by atoms with Crippen LogP contribution in [0.1, 0.15) is 52.6 Å². The lowest BCUT2D eigenvalue weighted by molar-refractivity contribution is 0.0815. The SMILES string of the molecule is CN(C)C(=O)c1cc2cnc(Nc3ccc(-c4csc5c(=O)cc(N6CCOCC6)oc45)c(C(=O)NCCN)c3)nc2n1C1CCCC1. The third-order valence-electron chi connectivity index (χ3n) is 8.88. The van der Waals surface area contributed by atoms with Gasteiger partial charge in [-0.15, -0.1) is 11.3 Å². The van der Waals surface area contributed by atoms with Crippen molar-refractivity contribution in [1.29, 1.82) is 0 Å². The zero-order valence-corrected chi connectivity index (χ0v) is 27.8. The van der Waals surface area contributed by atoms with E-state index in [0.717, 1.165) is 31.1 Å². The molecule has 1 aromatic carbocycles. The van der Waals surface area contributed by atoms with Crippen molar-refractivity contribution in [2.75, 3.05) is 63.7 Å². The van der Waals surface area contributed by atoms with E-state index in [-0.39, 0.29) is 29.8 Å². The number of amides is 2. The number of hydrogen-bond donors (Lipinski definition) is 3. The molecule has 4 N–H and O–H groups in total. The first-order valence-electron chi connectivity index (χ1n) is 16.2. The summed E-state index contributed by atoms with van der Waals surface area (Å²) in [6, 6.07) is 8.98. The molecule has 7 rings (SSSR count). The molecule has 2 fully saturated rings. The fourth-order valence-corrected chi connectivity index (χ4v) is 7.41. The molecule has 1 aliphatic carbocycles. The largest absolute Gasteiger partial charge is 0.439 e. The van der Waals surface area contributed by atoms with E-state index in [9.17, 15) is 14.4 Å². The van der Waals surface area contributed by atoms with Crippen LogP contribution in [-0.2, 0) is 4.74 Å². The van der Waals surface area contributed by atoms with E-state index >= 15 is 0 Å². The van der Waals surface area contributed by atoms with Crippen LogP contribution >= 0.6 is 11.3 Å². The van der Waals surface area contributed by atoms with E-state index in [2.05, 4.69) is 20.2 Å². The lowest BCUT2D eigenvalue weighted by Gasteiger charge is -2.27. The Morgan fingerprint density at radius 3 is 2.65 bits per heavy atom. The molecule has 2 amide bonds. The maximum Gasteiger partial charge on any atom is 0.270 e. The predicted octanol–water partition coefficient (Wildman–Crippen LogP) is 4.35. The van der Waals surface area contributed by atoms with Gasteiger partial charge < -0.3 is 39.9 Å². The second-order valence-electron chi connectivity index (χ2n) is 12.3. The second-order valence-corrected chi connectivity index (χ2v) is 13.2. The first-order chi connectivity index (χ1) is 23.3. The van der Waals surface area contributed by atoms with Crippen LogP contribution in [-0.4, -0.2) is 84.7 Å². The summed E-state index contributed by atoms with van der Waals surface area (Å²) in [5.41, 5.74) is 9.54. The van der Waals surface area contributed by atoms with Crippen molar-refractivity contribution in [3.05, 3.63) is 63.4 Å². The van der Waals surface area contributed by atoms with Crippen molar-refractivity contribution < 1.29 is 18.7 Å². The van der Waals surface area contributed by atoms with Crippen molar-refractivity contribution in [2.24, 2.45) is 5.73 Å². The molecule has 0 unspecified atom stereocenters. The van der Waals surface area contributed by atoms with Crippen molar-refractivity contribution in [3.63, 3.8) is 0 Å². The number of rotatable bonds is 9. The lowest BCUT2D eigenvalue weighted by atomic mass is 9.99. The van der Waals surface area contributed by atoms with Crippen molar-refractivity contribution in [2.45, 2.75) is 31.7 Å². The van der Waals surface area contributed by atoms with Crippen LogP contribution < -0.4 is 26.7 Å². The fourth-order valence-electron chi connectivity index (χ4n) is 6.50. The summed E-state index contributed by atoms with van der Waals surface area (Å²) >= 11 is 1.29. The molecule has 48 heavy (non-hydrogen) atoms. The average Bonchev–Trinajstić information content (AvgIpc) is 3.86. The first kappa shape index (κ1) is 31.8. The van der Waals surface area contributed by atoms with Gasteiger partial charge in [0.15, 0.2) is 11.5 Å². The number of hydrogen-bond acceptors (Lipinski definition) is 11. The molecule has 0 bridgehead atoms. The summed E-state index contributed by atoms with van der Waals surface area (Å²) < 4.78 is 14.4. The third-order valence-corrected chi connectivity index (χ3v) is 9.86. The number of anilines is 3. The van der Waals surface area contributed by atoms with Crippen LogP contribution in [0.3, 0.4) is 0 Å². The zero-order valence-electron chi connectivity index (χ0n) is 27.0. The Bertz CT molecular complexity index is 2060. The molecule has 2 aliphatic rings. The minimum atomic E-state index is -0.316. The van der Waals surface area contributed by atoms with E-state index in [0.29, 0.717) is 88.7 Å². The van der Waals surface area contributed by atoms with Gasteiger partial charge in [-0.25, -0.2) is 4.98 Å². The predicted molar refractivity (Wildman–Crippen MR) is 187 cm³/mol. The van der Waals surface area contributed by atoms with Gasteiger partial charge in [-0.1, -0.05) is 18.9 Å². The monoisotopic (exact) mass is 670 g/mol. The highest BCUT2D eigenvalue weighted by atomic mass is 32.1. The molecule has 0 spiro atoms. The Morgan fingerprint density at radius 1 is 1.10 bits per heavy atom. The Hall–Kier alpha value is -4.79. The van der Waals surface area contributed by atoms with Gasteiger partial charge in [-0.05, 0) is 36.6 Å². The normalized spacial score (nSPS) is 15.4. The van der Waals surface area contributed by atoms with Gasteiger partial charge in [0.2, 0.25) is 11.4 Å². The Morgan fingerprint density at radius 2 is 1.90 bits per heavy atom. The molecule has 250 valence electrons. The Balaban J connectivity index is 1.27. The van der Waals surface area contributed by atoms with E-state index in [1.807, 2.05) is 28.5 Å². The average molecular weight is 671 g/mol. The summed E-state index contributed by atoms with van der Waals surface area (Å²) in [7, 11) is 3.50. The molecule has 5 aromatic rings. The van der Waals surface area contributed by atoms with Gasteiger partial charge in [-0.3, -0.25) is 14.4 Å². The molecule has 5 heterocycles. The van der Waals surface area contributed by atoms with E-state index in [1.54, 1.807) is 31.3 Å². The quantitative estimate of drug-likeness (QED) is 0.206. The number of carbonyl (C=O) groups is 2. The molecule has 1 saturated heterocycles. The van der Waals surface area contributed by atoms with Crippen molar-refractivity contribution >= 4 is 62.0 Å². The summed E-state index contributed by atoms with van der Waals surface area (Å²) in [5, 5.41) is 8.79. The minimum absolute atomic E-state index is 0.0769. The zero-order chi connectivity index (χ0) is 33.4. The summed E-state index contributed by atoms with van der Waals surface area (Å²) in [4.78, 5) is 52.8. The first-order valence-corrected chi connectivity index (χ1v) is 17.1. The number of carbonyl (C=O) groups excluding carboxylic acids is 2. The molecule has 4 aromatic heterocycles. The van der Waals surface area contributed by atoms with E-state index < -0.39 is 0 Å². The number of nitrogens with one attached hydrogen (secondary N) is 2. The number of nitrogens with two attached hydrogens (primary N) is 1. The number of thiophene rings is 1. The molecular weight excluding hydrogens is 632 g/mol. The van der Waals surface area contributed by atoms with Crippen LogP contribution in [0, 0.1) is 0 Å². The van der Waals surface area contributed by atoms with Gasteiger partial charge in [-0.2, -0.15) is 4.98 Å². The second kappa shape index (κ2) is 13.4. The molecule has 13 nitrogen and oxygen atoms in total. The van der Waals surface area contributed by atoms with E-state index in [1.165, 1.54) is 17.4 Å². The standard InChI is InChI=1S/C34H38N8O5S/c1-40(2)33(45)26-15-20-18-37-34(39-31(20)42(26)22-5-3-4-6-22)38-21-7-8-23(24(16-21)32(44)36-10-9-35)25-19-48-30-27(43)17-28(47-29(25)30)41-11-13-46-14-12-41/h7-8,15-19,22H,3-6,9-14,35H2,1-2H3,(H,36,44)(H,37,38,39). The van der Waals surface area contributed by atoms with E-state index in [4.69, 9.17) is 19.9 Å². The van der Waals surface area contributed by atoms with Crippen molar-refractivity contribution in [3.8, 4) is 11.1 Å². The van der Waals surface area contributed by atoms with Crippen LogP contribution in [0.25, 0.3) is 32.4 Å². The van der Waals surface area contributed by atoms with Gasteiger partial charge in [0.25, 0.3) is 11.8 Å². The number of aromatic nitrogens is 3. The summed E-state index contributed by atoms with van der Waals surface area (Å²) in [5.74, 6) is 0.426. The van der Waals surface area contributed by atoms with Crippen LogP contribution in [0.4, 0.5) is 17.5 Å². The highest BCUT2D eigenvalue weighted by Gasteiger charge is 2.27. The van der Waals surface area contributed by atoms with Crippen molar-refractivity contribution in [1.82, 2.24) is 24.8 Å². The van der Waals surface area contributed by atoms with Gasteiger partial charge in [0, 0.05) is 86.2 Å². The molecule has 14 heteroatoms. The van der Waals surface area contributed by atoms with Gasteiger partial charge in [0.1, 0.15) is 16.0 Å². The molecule has 1 saturated carbocycles. The molecule has 0 radical (unpaired) electrons. The van der Waals surface area contributed by atoms with Gasteiger partial charge >= 0.3 is 0 Å². The highest BCUT2D eigenvalue weighted by molar-refractivity contribution is 7.17. The maximum absolute atomic E-state index is 13.6. The fraction of sp³-hybridized carbons (Fsp3) is 0.382. The summed E-state index contributed by atoms with van der Waals surface area (Å²) in [6.45, 7) is 2.92. The number of nitrogens with zero attached hydrogens (tertiary/aromatic N) is 5. The van der Waals surface area contributed by atoms with Crippen LogP contribution in [0.5, 0.6) is 0 Å². The number of morpholine rings is 1. The van der Waals surface area contributed by atoms with Crippen LogP contribution in [0.2, 0.25) is 0 Å². The number of benzene rings is 1. The minimum Gasteiger partial charge on any atom is -0.439 e. The maximum atomic E-state index is 13.6. The van der Waals surface area contributed by atoms with Crippen LogP contribution in [0.15, 0.2) is 51.1 Å². The third kappa shape index (κ3) is 6.02. The number of ether oxygens (including phenoxy) is 1. The number of fused-ring (bicyclic) bond motifs is 2. The molecule has 1 aliphatic heterocycles. The molecular formula is C34H38N8O5S. The highest BCUT2D eigenvalue weighted by Crippen LogP contribution is 2.38. The topological polar surface area (TPSA) is 161 Å². The smallest absolute Gasteiger partial charge is 0.270 e. The molecule has 0 atom stereocenters. The Labute approximate surface area is 280 Å². The lowest BCUT2D eigenvalue weighted by Crippen LogP contribution is -2.36. The van der Waals surface area contributed by atoms with Gasteiger partial charge in [0.05, 0.1) is 13.2 Å².